The van der Waals surface area contributed by atoms with Gasteiger partial charge in [-0.2, -0.15) is 5.10 Å². The van der Waals surface area contributed by atoms with Crippen LogP contribution >= 0.6 is 0 Å². The molecule has 1 N–H and O–H groups in total. The molecule has 2 aromatic heterocycles. The first-order chi connectivity index (χ1) is 10.4. The van der Waals surface area contributed by atoms with E-state index in [9.17, 15) is 0 Å². The summed E-state index contributed by atoms with van der Waals surface area (Å²) in [5.41, 5.74) is 4.70. The summed E-state index contributed by atoms with van der Waals surface area (Å²) in [6.07, 6.45) is 7.81. The van der Waals surface area contributed by atoms with E-state index in [1.165, 1.54) is 11.3 Å². The van der Waals surface area contributed by atoms with Crippen LogP contribution in [0.4, 0.5) is 5.69 Å². The van der Waals surface area contributed by atoms with Crippen molar-refractivity contribution in [2.45, 2.75) is 18.9 Å². The molecule has 1 unspecified atom stereocenters. The SMILES string of the molecule is c1cc(NC2CCc3cccnc32)cc(-n2cccn2)c1. The Kier molecular flexibility index (Phi) is 2.92. The Bertz CT molecular complexity index is 749. The van der Waals surface area contributed by atoms with E-state index >= 15 is 0 Å². The van der Waals surface area contributed by atoms with E-state index in [0.717, 1.165) is 24.2 Å². The van der Waals surface area contributed by atoms with Crippen LogP contribution in [0.2, 0.25) is 0 Å². The van der Waals surface area contributed by atoms with E-state index in [1.54, 1.807) is 6.20 Å². The molecule has 0 radical (unpaired) electrons. The molecule has 0 saturated carbocycles. The molecule has 0 fully saturated rings. The van der Waals surface area contributed by atoms with Gasteiger partial charge in [-0.3, -0.25) is 4.98 Å². The molecular weight excluding hydrogens is 260 g/mol. The lowest BCUT2D eigenvalue weighted by molar-refractivity contribution is 0.745. The second-order valence-electron chi connectivity index (χ2n) is 5.28. The zero-order valence-electron chi connectivity index (χ0n) is 11.6. The van der Waals surface area contributed by atoms with Gasteiger partial charge in [0.05, 0.1) is 17.4 Å². The lowest BCUT2D eigenvalue weighted by Crippen LogP contribution is -2.09. The van der Waals surface area contributed by atoms with Crippen LogP contribution < -0.4 is 5.32 Å². The van der Waals surface area contributed by atoms with E-state index in [0.29, 0.717) is 6.04 Å². The third kappa shape index (κ3) is 2.29. The quantitative estimate of drug-likeness (QED) is 0.797. The van der Waals surface area contributed by atoms with Gasteiger partial charge in [-0.1, -0.05) is 12.1 Å². The lowest BCUT2D eigenvalue weighted by atomic mass is 10.2. The molecule has 0 aliphatic heterocycles. The molecule has 0 saturated heterocycles. The monoisotopic (exact) mass is 276 g/mol. The number of pyridine rings is 1. The number of benzene rings is 1. The number of aryl methyl sites for hydroxylation is 1. The molecule has 3 aromatic rings. The summed E-state index contributed by atoms with van der Waals surface area (Å²) in [7, 11) is 0. The maximum atomic E-state index is 4.53. The highest BCUT2D eigenvalue weighted by atomic mass is 15.3. The highest BCUT2D eigenvalue weighted by Crippen LogP contribution is 2.32. The van der Waals surface area contributed by atoms with Crippen molar-refractivity contribution >= 4 is 5.69 Å². The first-order valence-corrected chi connectivity index (χ1v) is 7.20. The predicted octanol–water partition coefficient (Wildman–Crippen LogP) is 3.37. The Hall–Kier alpha value is -2.62. The van der Waals surface area contributed by atoms with E-state index in [-0.39, 0.29) is 0 Å². The number of rotatable bonds is 3. The van der Waals surface area contributed by atoms with Crippen LogP contribution in [0.1, 0.15) is 23.7 Å². The van der Waals surface area contributed by atoms with Crippen LogP contribution in [0, 0.1) is 0 Å². The zero-order chi connectivity index (χ0) is 14.1. The molecule has 1 aliphatic rings. The minimum Gasteiger partial charge on any atom is -0.377 e. The van der Waals surface area contributed by atoms with E-state index < -0.39 is 0 Å². The van der Waals surface area contributed by atoms with Gasteiger partial charge >= 0.3 is 0 Å². The van der Waals surface area contributed by atoms with E-state index in [2.05, 4.69) is 39.7 Å². The third-order valence-corrected chi connectivity index (χ3v) is 3.91. The number of anilines is 1. The van der Waals surface area contributed by atoms with Gasteiger partial charge in [0.15, 0.2) is 0 Å². The molecule has 1 aromatic carbocycles. The molecule has 0 spiro atoms. The van der Waals surface area contributed by atoms with Crippen molar-refractivity contribution in [3.05, 3.63) is 72.3 Å². The van der Waals surface area contributed by atoms with Crippen molar-refractivity contribution in [2.24, 2.45) is 0 Å². The van der Waals surface area contributed by atoms with Crippen LogP contribution in [0.5, 0.6) is 0 Å². The smallest absolute Gasteiger partial charge is 0.0691 e. The average Bonchev–Trinajstić information content (AvgIpc) is 3.18. The van der Waals surface area contributed by atoms with Gasteiger partial charge in [0.25, 0.3) is 0 Å². The molecular formula is C17H16N4. The van der Waals surface area contributed by atoms with Gasteiger partial charge in [-0.05, 0) is 48.7 Å². The molecule has 21 heavy (non-hydrogen) atoms. The largest absolute Gasteiger partial charge is 0.377 e. The fourth-order valence-electron chi connectivity index (χ4n) is 2.91. The normalized spacial score (nSPS) is 16.7. The van der Waals surface area contributed by atoms with Crippen LogP contribution in [-0.2, 0) is 6.42 Å². The third-order valence-electron chi connectivity index (χ3n) is 3.91. The molecule has 0 amide bonds. The van der Waals surface area contributed by atoms with Crippen LogP contribution in [-0.4, -0.2) is 14.8 Å². The Morgan fingerprint density at radius 1 is 1.10 bits per heavy atom. The van der Waals surface area contributed by atoms with Gasteiger partial charge in [0.1, 0.15) is 0 Å². The number of nitrogens with one attached hydrogen (secondary N) is 1. The standard InChI is InChI=1S/C17H16N4/c1-5-14(12-15(6-1)21-11-3-10-19-21)20-16-8-7-13-4-2-9-18-17(13)16/h1-6,9-12,16,20H,7-8H2. The van der Waals surface area contributed by atoms with Crippen LogP contribution in [0.3, 0.4) is 0 Å². The fraction of sp³-hybridized carbons (Fsp3) is 0.176. The lowest BCUT2D eigenvalue weighted by Gasteiger charge is -2.15. The van der Waals surface area contributed by atoms with E-state index in [4.69, 9.17) is 0 Å². The number of nitrogens with zero attached hydrogens (tertiary/aromatic N) is 3. The first kappa shape index (κ1) is 12.1. The van der Waals surface area contributed by atoms with E-state index in [1.807, 2.05) is 35.3 Å². The van der Waals surface area contributed by atoms with Crippen LogP contribution in [0.15, 0.2) is 61.1 Å². The summed E-state index contributed by atoms with van der Waals surface area (Å²) >= 11 is 0. The topological polar surface area (TPSA) is 42.7 Å². The average molecular weight is 276 g/mol. The van der Waals surface area contributed by atoms with Gasteiger partial charge in [0.2, 0.25) is 0 Å². The number of fused-ring (bicyclic) bond motifs is 1. The summed E-state index contributed by atoms with van der Waals surface area (Å²) in [4.78, 5) is 4.53. The Morgan fingerprint density at radius 2 is 2.10 bits per heavy atom. The van der Waals surface area contributed by atoms with Gasteiger partial charge < -0.3 is 5.32 Å². The van der Waals surface area contributed by atoms with Crippen molar-refractivity contribution < 1.29 is 0 Å². The van der Waals surface area contributed by atoms with Gasteiger partial charge in [-0.15, -0.1) is 0 Å². The molecule has 4 nitrogen and oxygen atoms in total. The Balaban J connectivity index is 1.60. The summed E-state index contributed by atoms with van der Waals surface area (Å²) in [5, 5.41) is 7.87. The molecule has 1 aliphatic carbocycles. The maximum Gasteiger partial charge on any atom is 0.0691 e. The van der Waals surface area contributed by atoms with Gasteiger partial charge in [-0.25, -0.2) is 4.68 Å². The zero-order valence-corrected chi connectivity index (χ0v) is 11.6. The molecule has 104 valence electrons. The highest BCUT2D eigenvalue weighted by molar-refractivity contribution is 5.52. The van der Waals surface area contributed by atoms with Crippen LogP contribution in [0.25, 0.3) is 5.69 Å². The van der Waals surface area contributed by atoms with Crippen molar-refractivity contribution in [1.29, 1.82) is 0 Å². The highest BCUT2D eigenvalue weighted by Gasteiger charge is 2.23. The second kappa shape index (κ2) is 5.05. The fourth-order valence-corrected chi connectivity index (χ4v) is 2.91. The Morgan fingerprint density at radius 3 is 3.00 bits per heavy atom. The summed E-state index contributed by atoms with van der Waals surface area (Å²) in [6.45, 7) is 0. The van der Waals surface area contributed by atoms with Crippen molar-refractivity contribution in [3.8, 4) is 5.69 Å². The Labute approximate surface area is 123 Å². The summed E-state index contributed by atoms with van der Waals surface area (Å²) in [6, 6.07) is 14.7. The predicted molar refractivity (Wildman–Crippen MR) is 82.5 cm³/mol. The molecule has 2 heterocycles. The van der Waals surface area contributed by atoms with Gasteiger partial charge in [0, 0.05) is 24.3 Å². The minimum absolute atomic E-state index is 0.300. The summed E-state index contributed by atoms with van der Waals surface area (Å²) < 4.78 is 1.87. The van der Waals surface area contributed by atoms with Crippen molar-refractivity contribution in [2.75, 3.05) is 5.32 Å². The molecule has 0 bridgehead atoms. The molecule has 4 rings (SSSR count). The van der Waals surface area contributed by atoms with Crippen molar-refractivity contribution in [3.63, 3.8) is 0 Å². The number of hydrogen-bond acceptors (Lipinski definition) is 3. The summed E-state index contributed by atoms with van der Waals surface area (Å²) in [5.74, 6) is 0. The maximum absolute atomic E-state index is 4.53. The minimum atomic E-state index is 0.300. The molecule has 1 atom stereocenters. The second-order valence-corrected chi connectivity index (χ2v) is 5.28. The molecule has 4 heteroatoms. The number of hydrogen-bond donors (Lipinski definition) is 1. The number of aromatic nitrogens is 3. The first-order valence-electron chi connectivity index (χ1n) is 7.20. The van der Waals surface area contributed by atoms with Crippen molar-refractivity contribution in [1.82, 2.24) is 14.8 Å².